The van der Waals surface area contributed by atoms with Gasteiger partial charge in [-0.1, -0.05) is 78.9 Å². The molecule has 0 aliphatic carbocycles. The van der Waals surface area contributed by atoms with Crippen LogP contribution < -0.4 is 15.5 Å². The number of fused-ring (bicyclic) bond motifs is 1. The molecule has 3 heterocycles. The molecule has 234 valence electrons. The molecule has 2 atom stereocenters. The maximum Gasteiger partial charge on any atom is 0.406 e. The van der Waals surface area contributed by atoms with Crippen LogP contribution in [0.4, 0.5) is 28.4 Å². The molecule has 3 aliphatic heterocycles. The quantitative estimate of drug-likeness (QED) is 0.424. The van der Waals surface area contributed by atoms with Gasteiger partial charge in [-0.2, -0.15) is 13.2 Å². The molecule has 45 heavy (non-hydrogen) atoms. The number of carbonyl (C=O) groups is 3. The first kappa shape index (κ1) is 30.2. The van der Waals surface area contributed by atoms with Gasteiger partial charge >= 0.3 is 18.2 Å². The zero-order valence-electron chi connectivity index (χ0n) is 24.4. The molecule has 3 aromatic carbocycles. The number of rotatable bonds is 6. The summed E-state index contributed by atoms with van der Waals surface area (Å²) in [5, 5.41) is 5.66. The monoisotopic (exact) mass is 618 g/mol. The summed E-state index contributed by atoms with van der Waals surface area (Å²) >= 11 is 0. The number of anilines is 1. The molecule has 5 amide bonds. The fraction of sp³-hybridized carbons (Fsp3) is 0.333. The van der Waals surface area contributed by atoms with E-state index in [0.29, 0.717) is 54.2 Å². The molecule has 0 radical (unpaired) electrons. The normalized spacial score (nSPS) is 20.8. The number of halogens is 3. The van der Waals surface area contributed by atoms with E-state index in [-0.39, 0.29) is 23.8 Å². The average Bonchev–Trinajstić information content (AvgIpc) is 3.36. The summed E-state index contributed by atoms with van der Waals surface area (Å²) < 4.78 is 41.1. The molecule has 0 spiro atoms. The van der Waals surface area contributed by atoms with Gasteiger partial charge in [0.2, 0.25) is 6.17 Å². The summed E-state index contributed by atoms with van der Waals surface area (Å²) in [5.74, 6) is -0.980. The summed E-state index contributed by atoms with van der Waals surface area (Å²) in [6.07, 6.45) is -4.48. The lowest BCUT2D eigenvalue weighted by atomic mass is 10.0. The number of urea groups is 2. The van der Waals surface area contributed by atoms with Crippen molar-refractivity contribution in [2.24, 2.45) is 4.99 Å². The van der Waals surface area contributed by atoms with Crippen molar-refractivity contribution in [1.29, 1.82) is 0 Å². The number of likely N-dealkylation sites (tertiary alicyclic amines) is 1. The molecular weight excluding hydrogens is 585 g/mol. The van der Waals surface area contributed by atoms with Gasteiger partial charge in [-0.3, -0.25) is 9.69 Å². The van der Waals surface area contributed by atoms with Gasteiger partial charge in [-0.15, -0.1) is 0 Å². The van der Waals surface area contributed by atoms with Crippen LogP contribution >= 0.6 is 0 Å². The topological polar surface area (TPSA) is 97.3 Å². The molecule has 0 aromatic heterocycles. The van der Waals surface area contributed by atoms with E-state index in [1.165, 1.54) is 11.0 Å². The Morgan fingerprint density at radius 3 is 2.24 bits per heavy atom. The largest absolute Gasteiger partial charge is 0.406 e. The minimum absolute atomic E-state index is 0.0112. The highest BCUT2D eigenvalue weighted by Gasteiger charge is 2.41. The number of benzene rings is 3. The first-order valence-electron chi connectivity index (χ1n) is 14.9. The highest BCUT2D eigenvalue weighted by molar-refractivity contribution is 6.20. The van der Waals surface area contributed by atoms with Gasteiger partial charge in [0, 0.05) is 36.8 Å². The van der Waals surface area contributed by atoms with E-state index in [0.717, 1.165) is 12.0 Å². The number of piperidine rings is 1. The fourth-order valence-electron chi connectivity index (χ4n) is 6.23. The number of para-hydroxylation sites is 1. The lowest BCUT2D eigenvalue weighted by Gasteiger charge is -2.36. The van der Waals surface area contributed by atoms with Gasteiger partial charge in [0.15, 0.2) is 0 Å². The summed E-state index contributed by atoms with van der Waals surface area (Å²) in [6, 6.07) is 24.3. The van der Waals surface area contributed by atoms with Gasteiger partial charge in [0.25, 0.3) is 5.91 Å². The van der Waals surface area contributed by atoms with Gasteiger partial charge in [-0.25, -0.2) is 14.6 Å². The first-order valence-corrected chi connectivity index (χ1v) is 14.9. The third-order valence-electron chi connectivity index (χ3n) is 8.38. The summed E-state index contributed by atoms with van der Waals surface area (Å²) in [6.45, 7) is -0.340. The van der Waals surface area contributed by atoms with Crippen molar-refractivity contribution in [3.8, 4) is 0 Å². The lowest BCUT2D eigenvalue weighted by molar-refractivity contribution is -0.133. The van der Waals surface area contributed by atoms with Crippen LogP contribution in [0, 0.1) is 0 Å². The second-order valence-corrected chi connectivity index (χ2v) is 11.5. The Labute approximate surface area is 258 Å². The Morgan fingerprint density at radius 2 is 1.56 bits per heavy atom. The second-order valence-electron chi connectivity index (χ2n) is 11.5. The van der Waals surface area contributed by atoms with Crippen LogP contribution in [0.25, 0.3) is 0 Å². The number of carbonyl (C=O) groups excluding carboxylic acids is 3. The number of amides is 5. The van der Waals surface area contributed by atoms with E-state index < -0.39 is 30.8 Å². The van der Waals surface area contributed by atoms with Crippen molar-refractivity contribution < 1.29 is 27.6 Å². The molecule has 6 rings (SSSR count). The molecule has 12 heteroatoms. The van der Waals surface area contributed by atoms with Crippen LogP contribution in [0.2, 0.25) is 0 Å². The lowest BCUT2D eigenvalue weighted by Crippen LogP contribution is -2.55. The zero-order valence-corrected chi connectivity index (χ0v) is 24.4. The van der Waals surface area contributed by atoms with E-state index in [2.05, 4.69) is 15.6 Å². The third kappa shape index (κ3) is 6.79. The number of benzodiazepines with no additional fused rings is 1. The van der Waals surface area contributed by atoms with E-state index in [1.807, 2.05) is 35.2 Å². The smallest absolute Gasteiger partial charge is 0.333 e. The van der Waals surface area contributed by atoms with Crippen LogP contribution in [0.5, 0.6) is 0 Å². The highest BCUT2D eigenvalue weighted by atomic mass is 19.4. The Bertz CT molecular complexity index is 1580. The van der Waals surface area contributed by atoms with Crippen molar-refractivity contribution in [1.82, 2.24) is 20.4 Å². The summed E-state index contributed by atoms with van der Waals surface area (Å²) in [7, 11) is 0. The molecule has 2 N–H and O–H groups in total. The van der Waals surface area contributed by atoms with Crippen LogP contribution in [0.3, 0.4) is 0 Å². The predicted molar refractivity (Wildman–Crippen MR) is 163 cm³/mol. The van der Waals surface area contributed by atoms with Gasteiger partial charge in [-0.05, 0) is 30.9 Å². The van der Waals surface area contributed by atoms with Crippen molar-refractivity contribution in [3.05, 3.63) is 102 Å². The molecule has 2 saturated heterocycles. The second kappa shape index (κ2) is 12.6. The summed E-state index contributed by atoms with van der Waals surface area (Å²) in [4.78, 5) is 48.4. The number of nitrogens with one attached hydrogen (secondary N) is 2. The van der Waals surface area contributed by atoms with E-state index in [4.69, 9.17) is 0 Å². The molecule has 3 aliphatic rings. The van der Waals surface area contributed by atoms with Crippen LogP contribution in [-0.4, -0.2) is 84.1 Å². The number of alkyl halides is 3. The molecule has 0 saturated carbocycles. The summed E-state index contributed by atoms with van der Waals surface area (Å²) in [5.41, 5.74) is 2.46. The van der Waals surface area contributed by atoms with Gasteiger partial charge < -0.3 is 20.4 Å². The highest BCUT2D eigenvalue weighted by Crippen LogP contribution is 2.31. The molecule has 0 bridgehead atoms. The van der Waals surface area contributed by atoms with Crippen LogP contribution in [-0.2, 0) is 11.2 Å². The molecule has 2 fully saturated rings. The Balaban J connectivity index is 1.16. The Morgan fingerprint density at radius 1 is 0.911 bits per heavy atom. The fourth-order valence-corrected chi connectivity index (χ4v) is 6.23. The standard InChI is InChI=1S/C33H33F3N6O3/c34-33(35,36)21-42-27-14-8-7-13-26(27)28(23-11-5-2-6-12-23)38-29(30(42)43)39-31(44)40-17-15-25(16-18-40)41-20-24(37-32(41)45)19-22-9-3-1-4-10-22/h1-14,24-25,29H,15-21H2,(H,37,45)(H,39,44)/t24?,29-/m0/s1. The minimum atomic E-state index is -4.68. The molecular formula is C33H33F3N6O3. The maximum atomic E-state index is 13.7. The zero-order chi connectivity index (χ0) is 31.6. The molecule has 1 unspecified atom stereocenters. The minimum Gasteiger partial charge on any atom is -0.333 e. The Kier molecular flexibility index (Phi) is 8.46. The number of hydrogen-bond donors (Lipinski definition) is 2. The SMILES string of the molecule is O=C(N[C@@H]1N=C(c2ccccc2)c2ccccc2N(CC(F)(F)F)C1=O)N1CCC(N2CC(Cc3ccccc3)NC2=O)CC1. The Hall–Kier alpha value is -4.87. The number of aliphatic imine (C=N–C) groups is 1. The number of hydrogen-bond acceptors (Lipinski definition) is 4. The van der Waals surface area contributed by atoms with E-state index in [9.17, 15) is 27.6 Å². The van der Waals surface area contributed by atoms with Crippen molar-refractivity contribution >= 4 is 29.4 Å². The predicted octanol–water partition coefficient (Wildman–Crippen LogP) is 4.57. The van der Waals surface area contributed by atoms with Crippen molar-refractivity contribution in [2.75, 3.05) is 31.1 Å². The molecule has 9 nitrogen and oxygen atoms in total. The van der Waals surface area contributed by atoms with Crippen molar-refractivity contribution in [3.63, 3.8) is 0 Å². The van der Waals surface area contributed by atoms with Crippen LogP contribution in [0.1, 0.15) is 29.5 Å². The van der Waals surface area contributed by atoms with Gasteiger partial charge in [0.05, 0.1) is 17.4 Å². The third-order valence-corrected chi connectivity index (χ3v) is 8.38. The van der Waals surface area contributed by atoms with Crippen molar-refractivity contribution in [2.45, 2.75) is 43.7 Å². The number of nitrogens with zero attached hydrogens (tertiary/aromatic N) is 4. The first-order chi connectivity index (χ1) is 21.7. The van der Waals surface area contributed by atoms with E-state index in [1.54, 1.807) is 48.5 Å². The van der Waals surface area contributed by atoms with Crippen LogP contribution in [0.15, 0.2) is 89.9 Å². The maximum absolute atomic E-state index is 13.7. The molecule has 3 aromatic rings. The van der Waals surface area contributed by atoms with Gasteiger partial charge in [0.1, 0.15) is 6.54 Å². The average molecular weight is 619 g/mol. The van der Waals surface area contributed by atoms with E-state index >= 15 is 0 Å².